The lowest BCUT2D eigenvalue weighted by atomic mass is 10.0. The maximum absolute atomic E-state index is 12.8. The second kappa shape index (κ2) is 7.86. The van der Waals surface area contributed by atoms with Gasteiger partial charge in [0, 0.05) is 17.7 Å². The van der Waals surface area contributed by atoms with Crippen LogP contribution in [0, 0.1) is 6.92 Å². The molecule has 1 N–H and O–H groups in total. The van der Waals surface area contributed by atoms with Crippen LogP contribution in [0.4, 0.5) is 0 Å². The summed E-state index contributed by atoms with van der Waals surface area (Å²) in [5, 5.41) is 2.84. The first kappa shape index (κ1) is 18.4. The number of ether oxygens (including phenoxy) is 1. The zero-order valence-electron chi connectivity index (χ0n) is 15.1. The van der Waals surface area contributed by atoms with E-state index >= 15 is 0 Å². The van der Waals surface area contributed by atoms with Crippen LogP contribution in [0.1, 0.15) is 22.8 Å². The van der Waals surface area contributed by atoms with Gasteiger partial charge in [0.05, 0.1) is 5.39 Å². The molecule has 6 heteroatoms. The Balaban J connectivity index is 2.07. The zero-order chi connectivity index (χ0) is 19.4. The number of benzene rings is 2. The average Bonchev–Trinajstić information content (AvgIpc) is 2.69. The number of rotatable bonds is 5. The molecule has 0 aliphatic rings. The Hall–Kier alpha value is -3.41. The third-order valence-corrected chi connectivity index (χ3v) is 4.11. The maximum Gasteiger partial charge on any atom is 0.342 e. The minimum Gasteiger partial charge on any atom is -0.455 e. The summed E-state index contributed by atoms with van der Waals surface area (Å²) in [5.74, 6) is -0.719. The number of fused-ring (bicyclic) bond motifs is 1. The van der Waals surface area contributed by atoms with Gasteiger partial charge in [0.25, 0.3) is 5.91 Å². The van der Waals surface area contributed by atoms with Crippen LogP contribution in [-0.4, -0.2) is 25.0 Å². The van der Waals surface area contributed by atoms with Gasteiger partial charge < -0.3 is 14.5 Å². The molecule has 1 aromatic heterocycles. The van der Waals surface area contributed by atoms with Crippen LogP contribution in [0.2, 0.25) is 0 Å². The quantitative estimate of drug-likeness (QED) is 0.703. The van der Waals surface area contributed by atoms with Crippen molar-refractivity contribution in [3.63, 3.8) is 0 Å². The van der Waals surface area contributed by atoms with Gasteiger partial charge >= 0.3 is 5.97 Å². The molecule has 6 nitrogen and oxygen atoms in total. The van der Waals surface area contributed by atoms with Crippen LogP contribution in [0.3, 0.4) is 0 Å². The van der Waals surface area contributed by atoms with E-state index in [9.17, 15) is 14.4 Å². The van der Waals surface area contributed by atoms with Crippen molar-refractivity contribution in [2.75, 3.05) is 13.2 Å². The van der Waals surface area contributed by atoms with E-state index in [1.165, 1.54) is 6.07 Å². The fourth-order valence-corrected chi connectivity index (χ4v) is 2.79. The van der Waals surface area contributed by atoms with E-state index in [1.807, 2.05) is 30.3 Å². The van der Waals surface area contributed by atoms with Crippen molar-refractivity contribution < 1.29 is 18.7 Å². The molecule has 0 saturated carbocycles. The molecule has 0 unspecified atom stereocenters. The van der Waals surface area contributed by atoms with Crippen LogP contribution < -0.4 is 10.7 Å². The fourth-order valence-electron chi connectivity index (χ4n) is 2.79. The second-order valence-electron chi connectivity index (χ2n) is 5.96. The minimum absolute atomic E-state index is 0.103. The molecule has 3 aromatic rings. The molecule has 0 aliphatic carbocycles. The molecular weight excluding hydrogens is 346 g/mol. The predicted octanol–water partition coefficient (Wildman–Crippen LogP) is 3.06. The van der Waals surface area contributed by atoms with Crippen LogP contribution in [0.5, 0.6) is 0 Å². The van der Waals surface area contributed by atoms with Gasteiger partial charge in [0.15, 0.2) is 17.6 Å². The van der Waals surface area contributed by atoms with Gasteiger partial charge in [0.2, 0.25) is 0 Å². The first-order valence-electron chi connectivity index (χ1n) is 8.58. The van der Waals surface area contributed by atoms with E-state index < -0.39 is 18.5 Å². The highest BCUT2D eigenvalue weighted by Gasteiger charge is 2.19. The molecule has 0 spiro atoms. The molecule has 0 radical (unpaired) electrons. The number of hydrogen-bond donors (Lipinski definition) is 1. The summed E-state index contributed by atoms with van der Waals surface area (Å²) < 4.78 is 11.0. The number of amides is 1. The van der Waals surface area contributed by atoms with E-state index in [2.05, 4.69) is 5.32 Å². The lowest BCUT2D eigenvalue weighted by Gasteiger charge is -2.10. The Labute approximate surface area is 155 Å². The Morgan fingerprint density at radius 3 is 2.52 bits per heavy atom. The number of nitrogens with one attached hydrogen (secondary N) is 1. The highest BCUT2D eigenvalue weighted by Crippen LogP contribution is 2.27. The summed E-state index contributed by atoms with van der Waals surface area (Å²) in [6, 6.07) is 13.9. The van der Waals surface area contributed by atoms with Crippen LogP contribution in [-0.2, 0) is 9.53 Å². The molecule has 2 aromatic carbocycles. The summed E-state index contributed by atoms with van der Waals surface area (Å²) in [5.41, 5.74) is 1.23. The van der Waals surface area contributed by atoms with Crippen LogP contribution in [0.25, 0.3) is 22.3 Å². The van der Waals surface area contributed by atoms with Crippen molar-refractivity contribution in [3.05, 3.63) is 69.9 Å². The van der Waals surface area contributed by atoms with Crippen molar-refractivity contribution in [2.45, 2.75) is 13.8 Å². The van der Waals surface area contributed by atoms with Crippen LogP contribution >= 0.6 is 0 Å². The predicted molar refractivity (Wildman–Crippen MR) is 102 cm³/mol. The normalized spacial score (nSPS) is 10.6. The molecule has 1 amide bonds. The molecule has 1 heterocycles. The van der Waals surface area contributed by atoms with Gasteiger partial charge in [-0.05, 0) is 26.0 Å². The molecule has 27 heavy (non-hydrogen) atoms. The third-order valence-electron chi connectivity index (χ3n) is 4.11. The van der Waals surface area contributed by atoms with E-state index in [1.54, 1.807) is 26.0 Å². The Morgan fingerprint density at radius 1 is 1.07 bits per heavy atom. The summed E-state index contributed by atoms with van der Waals surface area (Å²) in [7, 11) is 0. The molecule has 0 fully saturated rings. The Bertz CT molecular complexity index is 1050. The number of para-hydroxylation sites is 1. The van der Waals surface area contributed by atoms with Crippen molar-refractivity contribution >= 4 is 22.8 Å². The number of likely N-dealkylation sites (N-methyl/N-ethyl adjacent to an activating group) is 1. The lowest BCUT2D eigenvalue weighted by Crippen LogP contribution is -2.28. The van der Waals surface area contributed by atoms with Crippen molar-refractivity contribution in [1.82, 2.24) is 5.32 Å². The molecule has 0 atom stereocenters. The monoisotopic (exact) mass is 365 g/mol. The molecule has 0 aliphatic heterocycles. The largest absolute Gasteiger partial charge is 0.455 e. The smallest absolute Gasteiger partial charge is 0.342 e. The Kier molecular flexibility index (Phi) is 5.35. The summed E-state index contributed by atoms with van der Waals surface area (Å²) in [6.45, 7) is 3.50. The topological polar surface area (TPSA) is 85.6 Å². The van der Waals surface area contributed by atoms with Crippen molar-refractivity contribution in [2.24, 2.45) is 0 Å². The fraction of sp³-hybridized carbons (Fsp3) is 0.190. The number of hydrogen-bond acceptors (Lipinski definition) is 5. The number of esters is 1. The van der Waals surface area contributed by atoms with Gasteiger partial charge in [0.1, 0.15) is 11.3 Å². The maximum atomic E-state index is 12.8. The van der Waals surface area contributed by atoms with Crippen molar-refractivity contribution in [1.29, 1.82) is 0 Å². The number of carbonyl (C=O) groups excluding carboxylic acids is 2. The summed E-state index contributed by atoms with van der Waals surface area (Å²) >= 11 is 0. The zero-order valence-corrected chi connectivity index (χ0v) is 15.1. The molecule has 0 saturated heterocycles. The summed E-state index contributed by atoms with van der Waals surface area (Å²) in [4.78, 5) is 36.7. The average molecular weight is 365 g/mol. The minimum atomic E-state index is -0.724. The van der Waals surface area contributed by atoms with E-state index in [4.69, 9.17) is 9.15 Å². The first-order valence-corrected chi connectivity index (χ1v) is 8.58. The van der Waals surface area contributed by atoms with Gasteiger partial charge in [-0.25, -0.2) is 4.79 Å². The van der Waals surface area contributed by atoms with Gasteiger partial charge in [-0.2, -0.15) is 0 Å². The molecule has 138 valence electrons. The van der Waals surface area contributed by atoms with E-state index in [0.717, 1.165) is 5.56 Å². The lowest BCUT2D eigenvalue weighted by molar-refractivity contribution is -0.124. The standard InChI is InChI=1S/C21H19NO5/c1-3-22-17(23)12-26-21(25)16-11-7-10-15-18(24)13(2)19(27-20(15)16)14-8-5-4-6-9-14/h4-11H,3,12H2,1-2H3,(H,22,23). The third kappa shape index (κ3) is 3.74. The Morgan fingerprint density at radius 2 is 1.81 bits per heavy atom. The molecular formula is C21H19NO5. The van der Waals surface area contributed by atoms with Gasteiger partial charge in [-0.15, -0.1) is 0 Å². The van der Waals surface area contributed by atoms with Gasteiger partial charge in [-0.3, -0.25) is 9.59 Å². The number of carbonyl (C=O) groups is 2. The van der Waals surface area contributed by atoms with E-state index in [-0.39, 0.29) is 16.6 Å². The van der Waals surface area contributed by atoms with Crippen molar-refractivity contribution in [3.8, 4) is 11.3 Å². The van der Waals surface area contributed by atoms with Crippen LogP contribution in [0.15, 0.2) is 57.7 Å². The summed E-state index contributed by atoms with van der Waals surface area (Å²) in [6.07, 6.45) is 0. The molecule has 3 rings (SSSR count). The van der Waals surface area contributed by atoms with E-state index in [0.29, 0.717) is 23.3 Å². The highest BCUT2D eigenvalue weighted by molar-refractivity contribution is 6.02. The molecule has 0 bridgehead atoms. The van der Waals surface area contributed by atoms with Gasteiger partial charge in [-0.1, -0.05) is 36.4 Å². The second-order valence-corrected chi connectivity index (χ2v) is 5.96. The SMILES string of the molecule is CCNC(=O)COC(=O)c1cccc2c(=O)c(C)c(-c3ccccc3)oc12. The first-order chi connectivity index (χ1) is 13.0. The highest BCUT2D eigenvalue weighted by atomic mass is 16.5.